The van der Waals surface area contributed by atoms with Gasteiger partial charge >= 0.3 is 0 Å². The number of carbonyl (C=O) groups is 1. The first-order chi connectivity index (χ1) is 6.65. The molecule has 4 nitrogen and oxygen atoms in total. The van der Waals surface area contributed by atoms with Gasteiger partial charge in [0.2, 0.25) is 5.91 Å². The van der Waals surface area contributed by atoms with Crippen molar-refractivity contribution in [3.8, 4) is 0 Å². The zero-order valence-corrected chi connectivity index (χ0v) is 8.41. The highest BCUT2D eigenvalue weighted by atomic mass is 16.3. The number of hydrogen-bond acceptors (Lipinski definition) is 3. The first-order valence-electron chi connectivity index (χ1n) is 5.29. The fourth-order valence-corrected chi connectivity index (χ4v) is 2.16. The third kappa shape index (κ3) is 1.91. The Kier molecular flexibility index (Phi) is 2.49. The maximum atomic E-state index is 11.7. The van der Waals surface area contributed by atoms with E-state index in [1.807, 2.05) is 0 Å². The van der Waals surface area contributed by atoms with Crippen molar-refractivity contribution in [3.63, 3.8) is 0 Å². The molecule has 14 heavy (non-hydrogen) atoms. The van der Waals surface area contributed by atoms with Gasteiger partial charge in [0.15, 0.2) is 0 Å². The maximum Gasteiger partial charge on any atom is 0.223 e. The van der Waals surface area contributed by atoms with Crippen LogP contribution in [0.4, 0.5) is 0 Å². The Labute approximate surface area is 84.1 Å². The smallest absolute Gasteiger partial charge is 0.223 e. The third-order valence-electron chi connectivity index (χ3n) is 3.44. The molecule has 1 saturated carbocycles. The first kappa shape index (κ1) is 9.93. The molecule has 1 heterocycles. The van der Waals surface area contributed by atoms with Crippen LogP contribution in [-0.4, -0.2) is 41.7 Å². The summed E-state index contributed by atoms with van der Waals surface area (Å²) in [6.45, 7) is 1.28. The summed E-state index contributed by atoms with van der Waals surface area (Å²) in [5.41, 5.74) is 5.98. The van der Waals surface area contributed by atoms with Crippen LogP contribution >= 0.6 is 0 Å². The summed E-state index contributed by atoms with van der Waals surface area (Å²) in [6, 6.07) is -0.285. The molecular formula is C10H18N2O2. The van der Waals surface area contributed by atoms with Gasteiger partial charge in [0, 0.05) is 25.6 Å². The van der Waals surface area contributed by atoms with E-state index in [1.165, 1.54) is 12.8 Å². The third-order valence-corrected chi connectivity index (χ3v) is 3.44. The summed E-state index contributed by atoms with van der Waals surface area (Å²) in [4.78, 5) is 13.5. The van der Waals surface area contributed by atoms with E-state index in [1.54, 1.807) is 4.90 Å². The highest BCUT2D eigenvalue weighted by Crippen LogP contribution is 2.53. The van der Waals surface area contributed by atoms with Gasteiger partial charge in [-0.05, 0) is 24.7 Å². The van der Waals surface area contributed by atoms with Gasteiger partial charge in [-0.3, -0.25) is 4.79 Å². The van der Waals surface area contributed by atoms with Crippen molar-refractivity contribution in [2.75, 3.05) is 19.7 Å². The van der Waals surface area contributed by atoms with Crippen LogP contribution in [0.3, 0.4) is 0 Å². The minimum Gasteiger partial charge on any atom is -0.395 e. The van der Waals surface area contributed by atoms with E-state index < -0.39 is 0 Å². The van der Waals surface area contributed by atoms with Gasteiger partial charge in [0.1, 0.15) is 0 Å². The molecule has 4 heteroatoms. The molecule has 2 aliphatic rings. The summed E-state index contributed by atoms with van der Waals surface area (Å²) >= 11 is 0. The van der Waals surface area contributed by atoms with Crippen molar-refractivity contribution < 1.29 is 9.90 Å². The molecule has 0 bridgehead atoms. The molecule has 2 fully saturated rings. The highest BCUT2D eigenvalue weighted by molar-refractivity contribution is 5.78. The Morgan fingerprint density at radius 3 is 2.71 bits per heavy atom. The lowest BCUT2D eigenvalue weighted by molar-refractivity contribution is -0.136. The minimum atomic E-state index is -0.285. The second kappa shape index (κ2) is 3.51. The number of likely N-dealkylation sites (tertiary alicyclic amines) is 1. The van der Waals surface area contributed by atoms with E-state index in [0.29, 0.717) is 18.4 Å². The molecule has 0 aromatic carbocycles. The highest BCUT2D eigenvalue weighted by Gasteiger charge is 2.47. The van der Waals surface area contributed by atoms with Gasteiger partial charge in [0.25, 0.3) is 0 Å². The SMILES string of the molecule is NC(CO)CN1CCC2(CC2)CC1=O. The predicted octanol–water partition coefficient (Wildman–Crippen LogP) is -0.291. The Balaban J connectivity index is 1.86. The number of aliphatic hydroxyl groups is 1. The number of hydrogen-bond donors (Lipinski definition) is 2. The van der Waals surface area contributed by atoms with E-state index in [9.17, 15) is 4.79 Å². The van der Waals surface area contributed by atoms with E-state index in [0.717, 1.165) is 13.0 Å². The molecule has 1 unspecified atom stereocenters. The van der Waals surface area contributed by atoms with Crippen LogP contribution in [0.5, 0.6) is 0 Å². The predicted molar refractivity (Wildman–Crippen MR) is 52.5 cm³/mol. The molecule has 1 atom stereocenters. The molecule has 3 N–H and O–H groups in total. The molecule has 1 saturated heterocycles. The van der Waals surface area contributed by atoms with Gasteiger partial charge < -0.3 is 15.7 Å². The van der Waals surface area contributed by atoms with Crippen molar-refractivity contribution in [3.05, 3.63) is 0 Å². The molecule has 1 spiro atoms. The summed E-state index contributed by atoms with van der Waals surface area (Å²) < 4.78 is 0. The topological polar surface area (TPSA) is 66.6 Å². The fourth-order valence-electron chi connectivity index (χ4n) is 2.16. The van der Waals surface area contributed by atoms with Gasteiger partial charge in [-0.15, -0.1) is 0 Å². The molecule has 1 aliphatic carbocycles. The van der Waals surface area contributed by atoms with Crippen molar-refractivity contribution in [1.29, 1.82) is 0 Å². The van der Waals surface area contributed by atoms with Crippen molar-refractivity contribution in [1.82, 2.24) is 4.90 Å². The van der Waals surface area contributed by atoms with Gasteiger partial charge in [0.05, 0.1) is 6.61 Å². The fraction of sp³-hybridized carbons (Fsp3) is 0.900. The largest absolute Gasteiger partial charge is 0.395 e. The Bertz CT molecular complexity index is 238. The molecular weight excluding hydrogens is 180 g/mol. The Morgan fingerprint density at radius 1 is 1.50 bits per heavy atom. The van der Waals surface area contributed by atoms with Crippen molar-refractivity contribution >= 4 is 5.91 Å². The molecule has 1 amide bonds. The van der Waals surface area contributed by atoms with E-state index >= 15 is 0 Å². The zero-order chi connectivity index (χ0) is 10.2. The van der Waals surface area contributed by atoms with E-state index in [-0.39, 0.29) is 18.6 Å². The van der Waals surface area contributed by atoms with Crippen LogP contribution in [0.1, 0.15) is 25.7 Å². The average molecular weight is 198 g/mol. The van der Waals surface area contributed by atoms with Crippen LogP contribution < -0.4 is 5.73 Å². The second-order valence-corrected chi connectivity index (χ2v) is 4.71. The second-order valence-electron chi connectivity index (χ2n) is 4.71. The number of nitrogens with zero attached hydrogens (tertiary/aromatic N) is 1. The Hall–Kier alpha value is -0.610. The number of nitrogens with two attached hydrogens (primary N) is 1. The van der Waals surface area contributed by atoms with Gasteiger partial charge in [-0.25, -0.2) is 0 Å². The quantitative estimate of drug-likeness (QED) is 0.655. The summed E-state index contributed by atoms with van der Waals surface area (Å²) in [5, 5.41) is 8.80. The number of amides is 1. The lowest BCUT2D eigenvalue weighted by atomic mass is 9.93. The molecule has 0 aromatic heterocycles. The number of piperidine rings is 1. The Morgan fingerprint density at radius 2 is 2.21 bits per heavy atom. The lowest BCUT2D eigenvalue weighted by Gasteiger charge is -2.33. The van der Waals surface area contributed by atoms with Crippen molar-refractivity contribution in [2.45, 2.75) is 31.7 Å². The summed E-state index contributed by atoms with van der Waals surface area (Å²) in [7, 11) is 0. The summed E-state index contributed by atoms with van der Waals surface area (Å²) in [5.74, 6) is 0.220. The van der Waals surface area contributed by atoms with Crippen LogP contribution in [0, 0.1) is 5.41 Å². The van der Waals surface area contributed by atoms with E-state index in [4.69, 9.17) is 10.8 Å². The lowest BCUT2D eigenvalue weighted by Crippen LogP contribution is -2.46. The van der Waals surface area contributed by atoms with Gasteiger partial charge in [-0.2, -0.15) is 0 Å². The van der Waals surface area contributed by atoms with Crippen LogP contribution in [-0.2, 0) is 4.79 Å². The van der Waals surface area contributed by atoms with E-state index in [2.05, 4.69) is 0 Å². The van der Waals surface area contributed by atoms with Crippen LogP contribution in [0.15, 0.2) is 0 Å². The normalized spacial score (nSPS) is 26.7. The molecule has 2 rings (SSSR count). The van der Waals surface area contributed by atoms with Crippen molar-refractivity contribution in [2.24, 2.45) is 11.1 Å². The first-order valence-corrected chi connectivity index (χ1v) is 5.29. The minimum absolute atomic E-state index is 0.0467. The standard InChI is InChI=1S/C10H18N2O2/c11-8(7-13)6-12-4-3-10(1-2-10)5-9(12)14/h8,13H,1-7,11H2. The van der Waals surface area contributed by atoms with Gasteiger partial charge in [-0.1, -0.05) is 0 Å². The van der Waals surface area contributed by atoms with Crippen LogP contribution in [0.2, 0.25) is 0 Å². The number of carbonyl (C=O) groups excluding carboxylic acids is 1. The molecule has 0 radical (unpaired) electrons. The summed E-state index contributed by atoms with van der Waals surface area (Å²) in [6.07, 6.45) is 4.26. The number of aliphatic hydroxyl groups excluding tert-OH is 1. The average Bonchev–Trinajstić information content (AvgIpc) is 2.90. The van der Waals surface area contributed by atoms with Crippen LogP contribution in [0.25, 0.3) is 0 Å². The monoisotopic (exact) mass is 198 g/mol. The molecule has 0 aromatic rings. The zero-order valence-electron chi connectivity index (χ0n) is 8.41. The molecule has 1 aliphatic heterocycles. The molecule has 80 valence electrons. The number of rotatable bonds is 3. The maximum absolute atomic E-state index is 11.7.